The summed E-state index contributed by atoms with van der Waals surface area (Å²) in [7, 11) is -3.24. The molecule has 0 amide bonds. The molecule has 0 saturated heterocycles. The van der Waals surface area contributed by atoms with Crippen molar-refractivity contribution < 1.29 is 13.3 Å². The van der Waals surface area contributed by atoms with E-state index in [1.165, 1.54) is 0 Å². The lowest BCUT2D eigenvalue weighted by molar-refractivity contribution is 0.158. The van der Waals surface area contributed by atoms with Crippen molar-refractivity contribution in [3.8, 4) is 11.4 Å². The summed E-state index contributed by atoms with van der Waals surface area (Å²) in [5, 5.41) is 14.2. The van der Waals surface area contributed by atoms with Crippen molar-refractivity contribution in [1.29, 1.82) is 0 Å². The molecule has 0 aliphatic carbocycles. The standard InChI is InChI=1S/C13H18N6O3S/c1-4-22-18-13(14)10-6-5-9(7-23(3,20)21)12(15-10)11-8(2)16-19-17-11/h5-6H,4,7H2,1-3H3,(H2,14,18)(H,16,17,19). The normalized spacial score (nSPS) is 12.4. The topological polar surface area (TPSA) is 136 Å². The molecule has 0 aliphatic heterocycles. The van der Waals surface area contributed by atoms with E-state index in [1.807, 2.05) is 0 Å². The third-order valence-electron chi connectivity index (χ3n) is 2.90. The fourth-order valence-corrected chi connectivity index (χ4v) is 2.72. The summed E-state index contributed by atoms with van der Waals surface area (Å²) in [4.78, 5) is 9.30. The van der Waals surface area contributed by atoms with Crippen molar-refractivity contribution in [1.82, 2.24) is 20.4 Å². The maximum atomic E-state index is 11.6. The summed E-state index contributed by atoms with van der Waals surface area (Å²) in [6.07, 6.45) is 1.16. The van der Waals surface area contributed by atoms with Crippen LogP contribution >= 0.6 is 0 Å². The average molecular weight is 338 g/mol. The van der Waals surface area contributed by atoms with Gasteiger partial charge in [0.1, 0.15) is 18.0 Å². The fourth-order valence-electron chi connectivity index (χ4n) is 1.92. The number of hydrogen-bond donors (Lipinski definition) is 2. The van der Waals surface area contributed by atoms with Crippen LogP contribution < -0.4 is 5.73 Å². The molecule has 0 spiro atoms. The van der Waals surface area contributed by atoms with Crippen LogP contribution in [0, 0.1) is 6.92 Å². The predicted molar refractivity (Wildman–Crippen MR) is 85.2 cm³/mol. The minimum atomic E-state index is -3.24. The van der Waals surface area contributed by atoms with Gasteiger partial charge in [0.05, 0.1) is 17.1 Å². The fraction of sp³-hybridized carbons (Fsp3) is 0.385. The average Bonchev–Trinajstić information content (AvgIpc) is 2.89. The van der Waals surface area contributed by atoms with Crippen LogP contribution in [0.25, 0.3) is 11.4 Å². The molecular formula is C13H18N6O3S. The van der Waals surface area contributed by atoms with Gasteiger partial charge in [-0.25, -0.2) is 13.4 Å². The molecule has 0 aliphatic rings. The number of aromatic nitrogens is 4. The highest BCUT2D eigenvalue weighted by molar-refractivity contribution is 7.89. The van der Waals surface area contributed by atoms with E-state index in [1.54, 1.807) is 26.0 Å². The molecule has 0 radical (unpaired) electrons. The Hall–Kier alpha value is -2.49. The molecule has 10 heteroatoms. The summed E-state index contributed by atoms with van der Waals surface area (Å²) < 4.78 is 23.3. The van der Waals surface area contributed by atoms with Gasteiger partial charge in [-0.15, -0.1) is 0 Å². The molecule has 0 bridgehead atoms. The van der Waals surface area contributed by atoms with Crippen LogP contribution in [0.15, 0.2) is 17.3 Å². The Morgan fingerprint density at radius 2 is 2.09 bits per heavy atom. The Balaban J connectivity index is 2.55. The highest BCUT2D eigenvalue weighted by atomic mass is 32.2. The molecular weight excluding hydrogens is 320 g/mol. The zero-order valence-electron chi connectivity index (χ0n) is 13.1. The Morgan fingerprint density at radius 1 is 1.35 bits per heavy atom. The molecule has 0 unspecified atom stereocenters. The number of oxime groups is 1. The van der Waals surface area contributed by atoms with Crippen LogP contribution in [0.2, 0.25) is 0 Å². The first-order chi connectivity index (χ1) is 10.8. The second-order valence-electron chi connectivity index (χ2n) is 4.93. The number of H-pyrrole nitrogens is 1. The number of nitrogens with two attached hydrogens (primary N) is 1. The van der Waals surface area contributed by atoms with Crippen molar-refractivity contribution in [2.24, 2.45) is 10.9 Å². The third kappa shape index (κ3) is 4.25. The summed E-state index contributed by atoms with van der Waals surface area (Å²) in [5.74, 6) is -0.0649. The maximum absolute atomic E-state index is 11.6. The summed E-state index contributed by atoms with van der Waals surface area (Å²) in [5.41, 5.74) is 8.17. The number of aryl methyl sites for hydroxylation is 1. The predicted octanol–water partition coefficient (Wildman–Crippen LogP) is 0.377. The van der Waals surface area contributed by atoms with Crippen molar-refractivity contribution >= 4 is 15.7 Å². The number of aromatic amines is 1. The maximum Gasteiger partial charge on any atom is 0.188 e. The highest BCUT2D eigenvalue weighted by Gasteiger charge is 2.18. The molecule has 0 atom stereocenters. The molecule has 23 heavy (non-hydrogen) atoms. The van der Waals surface area contributed by atoms with Crippen LogP contribution in [0.3, 0.4) is 0 Å². The number of nitrogens with zero attached hydrogens (tertiary/aromatic N) is 4. The van der Waals surface area contributed by atoms with Crippen LogP contribution in [-0.4, -0.2) is 47.5 Å². The van der Waals surface area contributed by atoms with Gasteiger partial charge in [-0.2, -0.15) is 15.4 Å². The summed E-state index contributed by atoms with van der Waals surface area (Å²) in [6.45, 7) is 3.90. The molecule has 2 aromatic rings. The Morgan fingerprint density at radius 3 is 2.65 bits per heavy atom. The van der Waals surface area contributed by atoms with Gasteiger partial charge in [0.25, 0.3) is 0 Å². The second kappa shape index (κ2) is 6.73. The van der Waals surface area contributed by atoms with Crippen LogP contribution in [-0.2, 0) is 20.4 Å². The molecule has 124 valence electrons. The second-order valence-corrected chi connectivity index (χ2v) is 7.07. The highest BCUT2D eigenvalue weighted by Crippen LogP contribution is 2.23. The first-order valence-electron chi connectivity index (χ1n) is 6.83. The lowest BCUT2D eigenvalue weighted by atomic mass is 10.1. The molecule has 0 fully saturated rings. The number of rotatable bonds is 6. The Labute approximate surface area is 133 Å². The van der Waals surface area contributed by atoms with Crippen LogP contribution in [0.4, 0.5) is 0 Å². The SMILES string of the molecule is CCO/N=C(\N)c1ccc(CS(C)(=O)=O)c(-c2n[nH]nc2C)n1. The molecule has 2 heterocycles. The van der Waals surface area contributed by atoms with Crippen LogP contribution in [0.5, 0.6) is 0 Å². The van der Waals surface area contributed by atoms with Gasteiger partial charge in [-0.05, 0) is 25.5 Å². The monoisotopic (exact) mass is 338 g/mol. The van der Waals surface area contributed by atoms with E-state index in [4.69, 9.17) is 10.6 Å². The van der Waals surface area contributed by atoms with Gasteiger partial charge in [0.2, 0.25) is 0 Å². The summed E-state index contributed by atoms with van der Waals surface area (Å²) >= 11 is 0. The van der Waals surface area contributed by atoms with Gasteiger partial charge in [-0.1, -0.05) is 11.2 Å². The minimum Gasteiger partial charge on any atom is -0.394 e. The lowest BCUT2D eigenvalue weighted by Gasteiger charge is -2.09. The quantitative estimate of drug-likeness (QED) is 0.441. The van der Waals surface area contributed by atoms with Crippen molar-refractivity contribution in [3.63, 3.8) is 0 Å². The van der Waals surface area contributed by atoms with E-state index in [9.17, 15) is 8.42 Å². The van der Waals surface area contributed by atoms with Gasteiger partial charge >= 0.3 is 0 Å². The van der Waals surface area contributed by atoms with E-state index < -0.39 is 9.84 Å². The Kier molecular flexibility index (Phi) is 4.94. The van der Waals surface area contributed by atoms with E-state index in [0.29, 0.717) is 34.9 Å². The smallest absolute Gasteiger partial charge is 0.188 e. The number of nitrogens with one attached hydrogen (secondary N) is 1. The van der Waals surface area contributed by atoms with Crippen LogP contribution in [0.1, 0.15) is 23.9 Å². The van der Waals surface area contributed by atoms with Crippen molar-refractivity contribution in [2.45, 2.75) is 19.6 Å². The first kappa shape index (κ1) is 16.9. The first-order valence-corrected chi connectivity index (χ1v) is 8.89. The molecule has 0 saturated carbocycles. The molecule has 9 nitrogen and oxygen atoms in total. The van der Waals surface area contributed by atoms with Gasteiger partial charge in [-0.3, -0.25) is 0 Å². The third-order valence-corrected chi connectivity index (χ3v) is 3.73. The zero-order valence-corrected chi connectivity index (χ0v) is 13.9. The van der Waals surface area contributed by atoms with Crippen molar-refractivity contribution in [2.75, 3.05) is 12.9 Å². The number of amidine groups is 1. The van der Waals surface area contributed by atoms with E-state index in [-0.39, 0.29) is 11.6 Å². The van der Waals surface area contributed by atoms with E-state index in [0.717, 1.165) is 6.26 Å². The number of sulfone groups is 1. The molecule has 2 rings (SSSR count). The Bertz CT molecular complexity index is 828. The lowest BCUT2D eigenvalue weighted by Crippen LogP contribution is -2.17. The van der Waals surface area contributed by atoms with Gasteiger partial charge in [0, 0.05) is 6.26 Å². The molecule has 3 N–H and O–H groups in total. The summed E-state index contributed by atoms with van der Waals surface area (Å²) in [6, 6.07) is 3.23. The molecule has 0 aromatic carbocycles. The van der Waals surface area contributed by atoms with E-state index in [2.05, 4.69) is 25.6 Å². The zero-order chi connectivity index (χ0) is 17.0. The number of pyridine rings is 1. The largest absolute Gasteiger partial charge is 0.394 e. The molecule has 2 aromatic heterocycles. The van der Waals surface area contributed by atoms with E-state index >= 15 is 0 Å². The minimum absolute atomic E-state index is 0.0974. The van der Waals surface area contributed by atoms with Crippen molar-refractivity contribution in [3.05, 3.63) is 29.1 Å². The van der Waals surface area contributed by atoms with Gasteiger partial charge in [0.15, 0.2) is 15.7 Å². The number of hydrogen-bond acceptors (Lipinski definition) is 7. The van der Waals surface area contributed by atoms with Gasteiger partial charge < -0.3 is 10.6 Å².